The molecule has 0 unspecified atom stereocenters. The maximum Gasteiger partial charge on any atom is 0.274 e. The van der Waals surface area contributed by atoms with Crippen LogP contribution in [0.2, 0.25) is 0 Å². The quantitative estimate of drug-likeness (QED) is 0.801. The number of halogens is 1. The zero-order valence-electron chi connectivity index (χ0n) is 11.7. The zero-order chi connectivity index (χ0) is 15.5. The van der Waals surface area contributed by atoms with Gasteiger partial charge in [0.05, 0.1) is 6.54 Å². The molecule has 2 aromatic heterocycles. The van der Waals surface area contributed by atoms with Gasteiger partial charge in [-0.3, -0.25) is 4.79 Å². The molecule has 2 heterocycles. The van der Waals surface area contributed by atoms with Crippen molar-refractivity contribution in [2.75, 3.05) is 0 Å². The summed E-state index contributed by atoms with van der Waals surface area (Å²) >= 11 is 0. The predicted octanol–water partition coefficient (Wildman–Crippen LogP) is 2.71. The highest BCUT2D eigenvalue weighted by molar-refractivity contribution is 5.97. The highest BCUT2D eigenvalue weighted by Crippen LogP contribution is 2.23. The van der Waals surface area contributed by atoms with E-state index in [1.165, 1.54) is 36.9 Å². The first-order valence-corrected chi connectivity index (χ1v) is 6.52. The molecular weight excluding hydrogens is 289 g/mol. The monoisotopic (exact) mass is 301 g/mol. The Labute approximate surface area is 124 Å². The van der Waals surface area contributed by atoms with Crippen molar-refractivity contribution in [3.8, 4) is 11.3 Å². The average molecular weight is 301 g/mol. The minimum absolute atomic E-state index is 0.132. The molecule has 0 spiro atoms. The molecule has 3 aromatic rings. The Morgan fingerprint density at radius 1 is 1.32 bits per heavy atom. The van der Waals surface area contributed by atoms with Crippen LogP contribution in [-0.2, 0) is 6.54 Å². The van der Waals surface area contributed by atoms with Crippen molar-refractivity contribution in [2.45, 2.75) is 13.5 Å². The first kappa shape index (κ1) is 14.0. The summed E-state index contributed by atoms with van der Waals surface area (Å²) in [5, 5.41) is 6.48. The SMILES string of the molecule is Cc1conc1CNC(=O)c1ncoc1-c1ccc(F)cc1. The van der Waals surface area contributed by atoms with Crippen molar-refractivity contribution in [1.82, 2.24) is 15.5 Å². The van der Waals surface area contributed by atoms with Crippen LogP contribution in [0, 0.1) is 12.7 Å². The lowest BCUT2D eigenvalue weighted by atomic mass is 10.1. The third kappa shape index (κ3) is 2.73. The number of carbonyl (C=O) groups excluding carboxylic acids is 1. The number of oxazole rings is 1. The Morgan fingerprint density at radius 2 is 2.09 bits per heavy atom. The van der Waals surface area contributed by atoms with Gasteiger partial charge in [0.2, 0.25) is 0 Å². The normalized spacial score (nSPS) is 10.6. The lowest BCUT2D eigenvalue weighted by Gasteiger charge is -2.03. The second kappa shape index (κ2) is 5.80. The summed E-state index contributed by atoms with van der Waals surface area (Å²) in [6.45, 7) is 2.05. The summed E-state index contributed by atoms with van der Waals surface area (Å²) in [4.78, 5) is 16.1. The van der Waals surface area contributed by atoms with Gasteiger partial charge in [0.15, 0.2) is 17.8 Å². The summed E-state index contributed by atoms with van der Waals surface area (Å²) in [5.74, 6) is -0.486. The molecule has 1 aromatic carbocycles. The summed E-state index contributed by atoms with van der Waals surface area (Å²) in [6, 6.07) is 5.62. The minimum Gasteiger partial charge on any atom is -0.443 e. The van der Waals surface area contributed by atoms with Crippen molar-refractivity contribution in [3.63, 3.8) is 0 Å². The molecule has 1 amide bonds. The number of nitrogens with zero attached hydrogens (tertiary/aromatic N) is 2. The smallest absolute Gasteiger partial charge is 0.274 e. The molecule has 0 saturated carbocycles. The van der Waals surface area contributed by atoms with Crippen LogP contribution >= 0.6 is 0 Å². The molecule has 0 atom stereocenters. The van der Waals surface area contributed by atoms with E-state index in [1.807, 2.05) is 6.92 Å². The van der Waals surface area contributed by atoms with E-state index < -0.39 is 5.91 Å². The summed E-state index contributed by atoms with van der Waals surface area (Å²) in [5.41, 5.74) is 2.19. The number of nitrogens with one attached hydrogen (secondary N) is 1. The zero-order valence-corrected chi connectivity index (χ0v) is 11.7. The standard InChI is InChI=1S/C15H12FN3O3/c1-9-7-22-19-12(9)6-17-15(20)13-14(21-8-18-13)10-2-4-11(16)5-3-10/h2-5,7-8H,6H2,1H3,(H,17,20). The van der Waals surface area contributed by atoms with Gasteiger partial charge in [-0.2, -0.15) is 0 Å². The summed E-state index contributed by atoms with van der Waals surface area (Å²) in [6.07, 6.45) is 2.68. The van der Waals surface area contributed by atoms with Gasteiger partial charge >= 0.3 is 0 Å². The van der Waals surface area contributed by atoms with Crippen LogP contribution in [-0.4, -0.2) is 16.0 Å². The number of carbonyl (C=O) groups is 1. The molecule has 112 valence electrons. The van der Waals surface area contributed by atoms with Gasteiger partial charge in [-0.05, 0) is 31.2 Å². The Balaban J connectivity index is 1.78. The molecule has 0 radical (unpaired) electrons. The van der Waals surface area contributed by atoms with Crippen molar-refractivity contribution >= 4 is 5.91 Å². The Hall–Kier alpha value is -2.96. The number of benzene rings is 1. The van der Waals surface area contributed by atoms with Gasteiger partial charge in [-0.1, -0.05) is 5.16 Å². The topological polar surface area (TPSA) is 81.2 Å². The van der Waals surface area contributed by atoms with Crippen molar-refractivity contribution in [1.29, 1.82) is 0 Å². The van der Waals surface area contributed by atoms with Crippen LogP contribution < -0.4 is 5.32 Å². The highest BCUT2D eigenvalue weighted by atomic mass is 19.1. The van der Waals surface area contributed by atoms with Crippen LogP contribution in [0.4, 0.5) is 4.39 Å². The fourth-order valence-electron chi connectivity index (χ4n) is 1.94. The fourth-order valence-corrected chi connectivity index (χ4v) is 1.94. The third-order valence-corrected chi connectivity index (χ3v) is 3.15. The minimum atomic E-state index is -0.407. The molecule has 0 fully saturated rings. The number of rotatable bonds is 4. The van der Waals surface area contributed by atoms with Crippen LogP contribution in [0.15, 0.2) is 45.9 Å². The molecule has 0 aliphatic carbocycles. The van der Waals surface area contributed by atoms with Gasteiger partial charge in [-0.25, -0.2) is 9.37 Å². The van der Waals surface area contributed by atoms with Crippen molar-refractivity contribution in [2.24, 2.45) is 0 Å². The maximum absolute atomic E-state index is 13.0. The number of aromatic nitrogens is 2. The molecule has 3 rings (SSSR count). The van der Waals surface area contributed by atoms with E-state index in [9.17, 15) is 9.18 Å². The Bertz CT molecular complexity index is 792. The van der Waals surface area contributed by atoms with Gasteiger partial charge in [0, 0.05) is 11.1 Å². The van der Waals surface area contributed by atoms with Gasteiger partial charge < -0.3 is 14.3 Å². The molecule has 7 heteroatoms. The molecule has 0 saturated heterocycles. The van der Waals surface area contributed by atoms with E-state index in [0.29, 0.717) is 11.3 Å². The second-order valence-corrected chi connectivity index (χ2v) is 4.66. The van der Waals surface area contributed by atoms with Crippen LogP contribution in [0.25, 0.3) is 11.3 Å². The maximum atomic E-state index is 13.0. The van der Waals surface area contributed by atoms with Crippen LogP contribution in [0.3, 0.4) is 0 Å². The Morgan fingerprint density at radius 3 is 2.77 bits per heavy atom. The molecule has 0 aliphatic rings. The summed E-state index contributed by atoms with van der Waals surface area (Å²) < 4.78 is 23.0. The Kier molecular flexibility index (Phi) is 3.69. The van der Waals surface area contributed by atoms with E-state index in [-0.39, 0.29) is 23.8 Å². The fraction of sp³-hybridized carbons (Fsp3) is 0.133. The highest BCUT2D eigenvalue weighted by Gasteiger charge is 2.18. The van der Waals surface area contributed by atoms with E-state index in [4.69, 9.17) is 8.94 Å². The molecule has 22 heavy (non-hydrogen) atoms. The molecule has 0 aliphatic heterocycles. The molecule has 6 nitrogen and oxygen atoms in total. The first-order valence-electron chi connectivity index (χ1n) is 6.52. The summed E-state index contributed by atoms with van der Waals surface area (Å²) in [7, 11) is 0. The second-order valence-electron chi connectivity index (χ2n) is 4.66. The van der Waals surface area contributed by atoms with E-state index in [0.717, 1.165) is 5.56 Å². The van der Waals surface area contributed by atoms with E-state index in [2.05, 4.69) is 15.5 Å². The van der Waals surface area contributed by atoms with Crippen LogP contribution in [0.1, 0.15) is 21.7 Å². The first-order chi connectivity index (χ1) is 10.6. The van der Waals surface area contributed by atoms with Gasteiger partial charge in [-0.15, -0.1) is 0 Å². The lowest BCUT2D eigenvalue weighted by Crippen LogP contribution is -2.24. The van der Waals surface area contributed by atoms with Crippen molar-refractivity contribution in [3.05, 3.63) is 59.7 Å². The van der Waals surface area contributed by atoms with Gasteiger partial charge in [0.25, 0.3) is 5.91 Å². The number of hydrogen-bond acceptors (Lipinski definition) is 5. The lowest BCUT2D eigenvalue weighted by molar-refractivity contribution is 0.0946. The molecule has 0 bridgehead atoms. The van der Waals surface area contributed by atoms with Gasteiger partial charge in [0.1, 0.15) is 17.8 Å². The largest absolute Gasteiger partial charge is 0.443 e. The third-order valence-electron chi connectivity index (χ3n) is 3.15. The molecular formula is C15H12FN3O3. The number of hydrogen-bond donors (Lipinski definition) is 1. The van der Waals surface area contributed by atoms with E-state index >= 15 is 0 Å². The number of amides is 1. The number of aryl methyl sites for hydroxylation is 1. The van der Waals surface area contributed by atoms with Crippen LogP contribution in [0.5, 0.6) is 0 Å². The van der Waals surface area contributed by atoms with E-state index in [1.54, 1.807) is 0 Å². The average Bonchev–Trinajstić information content (AvgIpc) is 3.15. The molecule has 1 N–H and O–H groups in total. The predicted molar refractivity (Wildman–Crippen MR) is 74.3 cm³/mol. The van der Waals surface area contributed by atoms with Crippen molar-refractivity contribution < 1.29 is 18.1 Å².